The Morgan fingerprint density at radius 1 is 0.842 bits per heavy atom. The molecule has 0 aliphatic heterocycles. The maximum absolute atomic E-state index is 12.6. The minimum Gasteiger partial charge on any atom is -0.458 e. The molecule has 1 aromatic rings. The first-order chi connectivity index (χ1) is 17.4. The lowest BCUT2D eigenvalue weighted by Gasteiger charge is -2.22. The molecule has 0 aliphatic carbocycles. The van der Waals surface area contributed by atoms with E-state index in [0.717, 1.165) is 12.8 Å². The first-order valence-corrected chi connectivity index (χ1v) is 12.8. The molecule has 0 saturated heterocycles. The molecule has 0 bridgehead atoms. The van der Waals surface area contributed by atoms with Gasteiger partial charge in [-0.1, -0.05) is 19.4 Å². The lowest BCUT2D eigenvalue weighted by molar-refractivity contribution is -0.155. The number of nitrogens with two attached hydrogens (primary N) is 1. The Morgan fingerprint density at radius 2 is 1.37 bits per heavy atom. The molecular formula is C28H43NO9. The van der Waals surface area contributed by atoms with E-state index in [9.17, 15) is 19.2 Å². The molecule has 2 N–H and O–H groups in total. The molecule has 1 rings (SSSR count). The molecule has 0 spiro atoms. The molecule has 0 saturated carbocycles. The quantitative estimate of drug-likeness (QED) is 0.239. The molecule has 0 fully saturated rings. The summed E-state index contributed by atoms with van der Waals surface area (Å²) in [5.74, 6) is -1.62. The molecular weight excluding hydrogens is 494 g/mol. The van der Waals surface area contributed by atoms with E-state index in [4.69, 9.17) is 29.4 Å². The van der Waals surface area contributed by atoms with Crippen LogP contribution in [0.2, 0.25) is 0 Å². The molecule has 0 heterocycles. The van der Waals surface area contributed by atoms with Gasteiger partial charge in [0.2, 0.25) is 0 Å². The summed E-state index contributed by atoms with van der Waals surface area (Å²) in [6.07, 6.45) is -0.703. The molecule has 0 aliphatic rings. The standard InChI is InChI=1S/C28H43NO9/c1-10-11-14-34-26(33)36-18(3)17(2)35-23(30)20(29)15-19-12-13-21(37-24(31)27(4,5)6)22(16-19)38-25(32)28(7,8)9/h12-13,16-18,20H,10-11,14-15,29H2,1-9H3/t17-,18?,20-/m0/s1. The third-order valence-corrected chi connectivity index (χ3v) is 5.36. The van der Waals surface area contributed by atoms with Crippen LogP contribution in [0.25, 0.3) is 0 Å². The van der Waals surface area contributed by atoms with Crippen LogP contribution in [0.5, 0.6) is 11.5 Å². The van der Waals surface area contributed by atoms with Crippen molar-refractivity contribution in [1.29, 1.82) is 0 Å². The molecule has 3 atom stereocenters. The van der Waals surface area contributed by atoms with Gasteiger partial charge in [-0.25, -0.2) is 4.79 Å². The van der Waals surface area contributed by atoms with Gasteiger partial charge in [-0.3, -0.25) is 14.4 Å². The van der Waals surface area contributed by atoms with Crippen LogP contribution in [0.3, 0.4) is 0 Å². The zero-order valence-electron chi connectivity index (χ0n) is 24.0. The highest BCUT2D eigenvalue weighted by molar-refractivity contribution is 5.81. The van der Waals surface area contributed by atoms with Gasteiger partial charge in [0.1, 0.15) is 18.2 Å². The van der Waals surface area contributed by atoms with Crippen molar-refractivity contribution in [1.82, 2.24) is 0 Å². The molecule has 0 amide bonds. The Labute approximate surface area is 225 Å². The van der Waals surface area contributed by atoms with Crippen LogP contribution in [0.15, 0.2) is 18.2 Å². The van der Waals surface area contributed by atoms with E-state index in [1.165, 1.54) is 12.1 Å². The van der Waals surface area contributed by atoms with Crippen molar-refractivity contribution in [2.45, 2.75) is 99.8 Å². The number of carbonyl (C=O) groups is 4. The SMILES string of the molecule is CCCCOC(=O)OC(C)[C@H](C)OC(=O)[C@@H](N)Cc1ccc(OC(=O)C(C)(C)C)c(OC(=O)C(C)(C)C)c1. The second-order valence-corrected chi connectivity index (χ2v) is 11.3. The van der Waals surface area contributed by atoms with Crippen molar-refractivity contribution < 1.29 is 42.9 Å². The third-order valence-electron chi connectivity index (χ3n) is 5.36. The Hall–Kier alpha value is -3.14. The highest BCUT2D eigenvalue weighted by Gasteiger charge is 2.29. The maximum Gasteiger partial charge on any atom is 0.508 e. The van der Waals surface area contributed by atoms with Crippen molar-refractivity contribution in [2.75, 3.05) is 6.61 Å². The predicted octanol–water partition coefficient (Wildman–Crippen LogP) is 4.73. The average molecular weight is 538 g/mol. The maximum atomic E-state index is 12.6. The molecule has 0 aromatic heterocycles. The summed E-state index contributed by atoms with van der Waals surface area (Å²) >= 11 is 0. The summed E-state index contributed by atoms with van der Waals surface area (Å²) in [7, 11) is 0. The molecule has 1 aromatic carbocycles. The Bertz CT molecular complexity index is 976. The van der Waals surface area contributed by atoms with Crippen LogP contribution in [0, 0.1) is 10.8 Å². The second kappa shape index (κ2) is 14.1. The first-order valence-electron chi connectivity index (χ1n) is 12.8. The van der Waals surface area contributed by atoms with Crippen molar-refractivity contribution in [2.24, 2.45) is 16.6 Å². The van der Waals surface area contributed by atoms with Gasteiger partial charge in [-0.15, -0.1) is 0 Å². The van der Waals surface area contributed by atoms with Crippen molar-refractivity contribution in [3.63, 3.8) is 0 Å². The zero-order valence-corrected chi connectivity index (χ0v) is 24.0. The van der Waals surface area contributed by atoms with E-state index in [1.807, 2.05) is 6.92 Å². The summed E-state index contributed by atoms with van der Waals surface area (Å²) < 4.78 is 26.5. The lowest BCUT2D eigenvalue weighted by Crippen LogP contribution is -2.39. The van der Waals surface area contributed by atoms with Crippen molar-refractivity contribution in [3.05, 3.63) is 23.8 Å². The number of rotatable bonds is 11. The molecule has 38 heavy (non-hydrogen) atoms. The summed E-state index contributed by atoms with van der Waals surface area (Å²) in [6, 6.07) is 3.55. The smallest absolute Gasteiger partial charge is 0.458 e. The van der Waals surface area contributed by atoms with Crippen LogP contribution in [0.4, 0.5) is 4.79 Å². The monoisotopic (exact) mass is 537 g/mol. The molecule has 0 radical (unpaired) electrons. The number of ether oxygens (including phenoxy) is 5. The highest BCUT2D eigenvalue weighted by Crippen LogP contribution is 2.33. The van der Waals surface area contributed by atoms with Gasteiger partial charge >= 0.3 is 24.1 Å². The van der Waals surface area contributed by atoms with Gasteiger partial charge in [-0.05, 0) is 85.9 Å². The fourth-order valence-corrected chi connectivity index (χ4v) is 2.63. The van der Waals surface area contributed by atoms with Crippen molar-refractivity contribution >= 4 is 24.1 Å². The number of carbonyl (C=O) groups excluding carboxylic acids is 4. The minimum atomic E-state index is -1.06. The summed E-state index contributed by atoms with van der Waals surface area (Å²) in [5.41, 5.74) is 5.05. The zero-order chi connectivity index (χ0) is 29.3. The molecule has 214 valence electrons. The van der Waals surface area contributed by atoms with Crippen LogP contribution in [0.1, 0.15) is 80.7 Å². The van der Waals surface area contributed by atoms with Gasteiger partial charge in [0, 0.05) is 0 Å². The van der Waals surface area contributed by atoms with Crippen molar-refractivity contribution in [3.8, 4) is 11.5 Å². The number of hydrogen-bond donors (Lipinski definition) is 1. The Balaban J connectivity index is 2.93. The van der Waals surface area contributed by atoms with Gasteiger partial charge < -0.3 is 29.4 Å². The lowest BCUT2D eigenvalue weighted by atomic mass is 9.97. The summed E-state index contributed by atoms with van der Waals surface area (Å²) in [6.45, 7) is 15.6. The fraction of sp³-hybridized carbons (Fsp3) is 0.643. The average Bonchev–Trinajstić information content (AvgIpc) is 2.79. The van der Waals surface area contributed by atoms with Gasteiger partial charge in [0.05, 0.1) is 17.4 Å². The minimum absolute atomic E-state index is 0.0394. The second-order valence-electron chi connectivity index (χ2n) is 11.3. The summed E-state index contributed by atoms with van der Waals surface area (Å²) in [5, 5.41) is 0. The number of unbranched alkanes of at least 4 members (excludes halogenated alkanes) is 1. The largest absolute Gasteiger partial charge is 0.508 e. The van der Waals surface area contributed by atoms with Crippen LogP contribution in [-0.2, 0) is 35.0 Å². The van der Waals surface area contributed by atoms with E-state index in [0.29, 0.717) is 5.56 Å². The van der Waals surface area contributed by atoms with E-state index in [-0.39, 0.29) is 24.5 Å². The summed E-state index contributed by atoms with van der Waals surface area (Å²) in [4.78, 5) is 49.3. The number of benzene rings is 1. The van der Waals surface area contributed by atoms with Crippen LogP contribution < -0.4 is 15.2 Å². The normalized spacial score (nSPS) is 14.1. The van der Waals surface area contributed by atoms with E-state index in [2.05, 4.69) is 0 Å². The fourth-order valence-electron chi connectivity index (χ4n) is 2.63. The van der Waals surface area contributed by atoms with E-state index >= 15 is 0 Å². The topological polar surface area (TPSA) is 140 Å². The highest BCUT2D eigenvalue weighted by atomic mass is 16.7. The Morgan fingerprint density at radius 3 is 1.89 bits per heavy atom. The number of hydrogen-bond acceptors (Lipinski definition) is 10. The molecule has 10 nitrogen and oxygen atoms in total. The first kappa shape index (κ1) is 32.9. The predicted molar refractivity (Wildman–Crippen MR) is 141 cm³/mol. The van der Waals surface area contributed by atoms with Crippen LogP contribution >= 0.6 is 0 Å². The van der Waals surface area contributed by atoms with Gasteiger partial charge in [-0.2, -0.15) is 0 Å². The van der Waals surface area contributed by atoms with Gasteiger partial charge in [0.15, 0.2) is 11.5 Å². The molecule has 1 unspecified atom stereocenters. The van der Waals surface area contributed by atoms with Crippen LogP contribution in [-0.4, -0.2) is 48.9 Å². The third kappa shape index (κ3) is 11.1. The van der Waals surface area contributed by atoms with E-state index < -0.39 is 53.1 Å². The molecule has 10 heteroatoms. The number of esters is 3. The Kier molecular flexibility index (Phi) is 12.2. The van der Waals surface area contributed by atoms with Gasteiger partial charge in [0.25, 0.3) is 0 Å². The van der Waals surface area contributed by atoms with E-state index in [1.54, 1.807) is 61.5 Å².